The number of anilines is 1. The van der Waals surface area contributed by atoms with Gasteiger partial charge in [0.1, 0.15) is 0 Å². The molecule has 0 aliphatic rings. The molecular formula is C15H15Cl2NO2. The van der Waals surface area contributed by atoms with Crippen molar-refractivity contribution in [2.24, 2.45) is 0 Å². The number of hydrogen-bond donors (Lipinski definition) is 2. The van der Waals surface area contributed by atoms with Gasteiger partial charge in [-0.1, -0.05) is 29.3 Å². The Bertz CT molecular complexity index is 617. The molecule has 2 rings (SSSR count). The molecule has 0 aliphatic heterocycles. The van der Waals surface area contributed by atoms with E-state index in [1.165, 1.54) is 7.11 Å². The van der Waals surface area contributed by atoms with Gasteiger partial charge < -0.3 is 15.2 Å². The molecular weight excluding hydrogens is 297 g/mol. The van der Waals surface area contributed by atoms with Gasteiger partial charge in [0.05, 0.1) is 7.11 Å². The molecule has 3 nitrogen and oxygen atoms in total. The van der Waals surface area contributed by atoms with Crippen LogP contribution < -0.4 is 10.1 Å². The van der Waals surface area contributed by atoms with Gasteiger partial charge in [0, 0.05) is 27.8 Å². The number of rotatable bonds is 4. The molecule has 1 atom stereocenters. The minimum absolute atomic E-state index is 0.0208. The average molecular weight is 312 g/mol. The fraction of sp³-hybridized carbons (Fsp3) is 0.200. The highest BCUT2D eigenvalue weighted by molar-refractivity contribution is 6.35. The molecule has 106 valence electrons. The van der Waals surface area contributed by atoms with Crippen molar-refractivity contribution in [3.63, 3.8) is 0 Å². The van der Waals surface area contributed by atoms with Crippen molar-refractivity contribution < 1.29 is 9.84 Å². The number of phenols is 1. The van der Waals surface area contributed by atoms with Crippen LogP contribution in [0.15, 0.2) is 36.4 Å². The smallest absolute Gasteiger partial charge is 0.160 e. The van der Waals surface area contributed by atoms with Gasteiger partial charge in [0.25, 0.3) is 0 Å². The molecule has 0 saturated heterocycles. The molecule has 0 aromatic heterocycles. The minimum Gasteiger partial charge on any atom is -0.504 e. The molecule has 5 heteroatoms. The second-order valence-corrected chi connectivity index (χ2v) is 5.26. The molecule has 0 aliphatic carbocycles. The van der Waals surface area contributed by atoms with Crippen LogP contribution in [0.4, 0.5) is 5.69 Å². The topological polar surface area (TPSA) is 41.5 Å². The van der Waals surface area contributed by atoms with Crippen molar-refractivity contribution in [3.8, 4) is 11.5 Å². The Morgan fingerprint density at radius 1 is 1.15 bits per heavy atom. The normalized spacial score (nSPS) is 12.0. The first-order chi connectivity index (χ1) is 9.51. The third-order valence-electron chi connectivity index (χ3n) is 2.99. The number of aromatic hydroxyl groups is 1. The van der Waals surface area contributed by atoms with Crippen molar-refractivity contribution in [1.82, 2.24) is 0 Å². The summed E-state index contributed by atoms with van der Waals surface area (Å²) in [5.74, 6) is 0.527. The summed E-state index contributed by atoms with van der Waals surface area (Å²) in [5, 5.41) is 14.2. The summed E-state index contributed by atoms with van der Waals surface area (Å²) in [6, 6.07) is 10.5. The minimum atomic E-state index is -0.0208. The molecule has 0 saturated carbocycles. The van der Waals surface area contributed by atoms with Crippen LogP contribution in [0.3, 0.4) is 0 Å². The Balaban J connectivity index is 2.18. The quantitative estimate of drug-likeness (QED) is 0.845. The molecule has 0 amide bonds. The standard InChI is InChI=1S/C15H15Cl2NO2/c1-9(12-5-3-10(16)7-13(12)17)18-11-4-6-15(20-2)14(19)8-11/h3-9,18-19H,1-2H3. The summed E-state index contributed by atoms with van der Waals surface area (Å²) in [5.41, 5.74) is 1.72. The summed E-state index contributed by atoms with van der Waals surface area (Å²) in [7, 11) is 1.51. The zero-order valence-electron chi connectivity index (χ0n) is 11.2. The van der Waals surface area contributed by atoms with Gasteiger partial charge in [0.2, 0.25) is 0 Å². The van der Waals surface area contributed by atoms with Gasteiger partial charge in [-0.25, -0.2) is 0 Å². The van der Waals surface area contributed by atoms with E-state index in [4.69, 9.17) is 27.9 Å². The number of halogens is 2. The predicted octanol–water partition coefficient (Wildman–Crippen LogP) is 4.88. The maximum absolute atomic E-state index is 9.76. The highest BCUT2D eigenvalue weighted by Crippen LogP contribution is 2.32. The van der Waals surface area contributed by atoms with Crippen LogP contribution in [0.2, 0.25) is 10.0 Å². The van der Waals surface area contributed by atoms with E-state index < -0.39 is 0 Å². The highest BCUT2D eigenvalue weighted by atomic mass is 35.5. The van der Waals surface area contributed by atoms with Gasteiger partial charge in [-0.05, 0) is 36.8 Å². The third kappa shape index (κ3) is 3.30. The lowest BCUT2D eigenvalue weighted by Crippen LogP contribution is -2.07. The largest absolute Gasteiger partial charge is 0.504 e. The molecule has 2 aromatic rings. The Hall–Kier alpha value is -1.58. The second kappa shape index (κ2) is 6.25. The number of phenolic OH excluding ortho intramolecular Hbond substituents is 1. The molecule has 2 N–H and O–H groups in total. The lowest BCUT2D eigenvalue weighted by molar-refractivity contribution is 0.373. The Morgan fingerprint density at radius 2 is 1.90 bits per heavy atom. The number of nitrogens with one attached hydrogen (secondary N) is 1. The van der Waals surface area contributed by atoms with E-state index in [1.807, 2.05) is 19.1 Å². The summed E-state index contributed by atoms with van der Waals surface area (Å²) >= 11 is 12.1. The SMILES string of the molecule is COc1ccc(NC(C)c2ccc(Cl)cc2Cl)cc1O. The van der Waals surface area contributed by atoms with E-state index in [0.717, 1.165) is 11.3 Å². The van der Waals surface area contributed by atoms with Crippen LogP contribution in [0, 0.1) is 0 Å². The first kappa shape index (κ1) is 14.8. The Morgan fingerprint density at radius 3 is 2.50 bits per heavy atom. The number of hydrogen-bond acceptors (Lipinski definition) is 3. The predicted molar refractivity (Wildman–Crippen MR) is 83.2 cm³/mol. The molecule has 0 heterocycles. The van der Waals surface area contributed by atoms with Crippen molar-refractivity contribution in [3.05, 3.63) is 52.0 Å². The van der Waals surface area contributed by atoms with Gasteiger partial charge in [-0.15, -0.1) is 0 Å². The van der Waals surface area contributed by atoms with Crippen LogP contribution in [0.5, 0.6) is 11.5 Å². The van der Waals surface area contributed by atoms with Crippen molar-refractivity contribution in [1.29, 1.82) is 0 Å². The maximum Gasteiger partial charge on any atom is 0.160 e. The monoisotopic (exact) mass is 311 g/mol. The molecule has 0 radical (unpaired) electrons. The number of benzene rings is 2. The Labute approximate surface area is 128 Å². The fourth-order valence-corrected chi connectivity index (χ4v) is 2.53. The van der Waals surface area contributed by atoms with Crippen LogP contribution in [-0.2, 0) is 0 Å². The molecule has 20 heavy (non-hydrogen) atoms. The number of methoxy groups -OCH3 is 1. The first-order valence-corrected chi connectivity index (χ1v) is 6.85. The van der Waals surface area contributed by atoms with Gasteiger partial charge in [-0.2, -0.15) is 0 Å². The van der Waals surface area contributed by atoms with Crippen molar-refractivity contribution in [2.45, 2.75) is 13.0 Å². The summed E-state index contributed by atoms with van der Waals surface area (Å²) in [6.45, 7) is 1.98. The summed E-state index contributed by atoms with van der Waals surface area (Å²) < 4.78 is 5.01. The fourth-order valence-electron chi connectivity index (χ4n) is 1.96. The summed E-state index contributed by atoms with van der Waals surface area (Å²) in [4.78, 5) is 0. The van der Waals surface area contributed by atoms with E-state index in [2.05, 4.69) is 5.32 Å². The maximum atomic E-state index is 9.76. The molecule has 0 bridgehead atoms. The zero-order chi connectivity index (χ0) is 14.7. The van der Waals surface area contributed by atoms with E-state index in [0.29, 0.717) is 15.8 Å². The van der Waals surface area contributed by atoms with Crippen molar-refractivity contribution in [2.75, 3.05) is 12.4 Å². The molecule has 1 unspecified atom stereocenters. The van der Waals surface area contributed by atoms with Gasteiger partial charge >= 0.3 is 0 Å². The van der Waals surface area contributed by atoms with Crippen LogP contribution in [-0.4, -0.2) is 12.2 Å². The van der Waals surface area contributed by atoms with Gasteiger partial charge in [0.15, 0.2) is 11.5 Å². The van der Waals surface area contributed by atoms with E-state index in [9.17, 15) is 5.11 Å². The first-order valence-electron chi connectivity index (χ1n) is 6.09. The lowest BCUT2D eigenvalue weighted by atomic mass is 10.1. The van der Waals surface area contributed by atoms with E-state index >= 15 is 0 Å². The van der Waals surface area contributed by atoms with Crippen molar-refractivity contribution >= 4 is 28.9 Å². The third-order valence-corrected chi connectivity index (χ3v) is 3.55. The lowest BCUT2D eigenvalue weighted by Gasteiger charge is -2.18. The molecule has 0 spiro atoms. The molecule has 2 aromatic carbocycles. The van der Waals surface area contributed by atoms with Gasteiger partial charge in [-0.3, -0.25) is 0 Å². The van der Waals surface area contributed by atoms with Crippen LogP contribution in [0.1, 0.15) is 18.5 Å². The van der Waals surface area contributed by atoms with Crippen LogP contribution >= 0.6 is 23.2 Å². The highest BCUT2D eigenvalue weighted by Gasteiger charge is 2.11. The molecule has 0 fully saturated rings. The Kier molecular flexibility index (Phi) is 4.63. The van der Waals surface area contributed by atoms with E-state index in [-0.39, 0.29) is 11.8 Å². The van der Waals surface area contributed by atoms with Crippen LogP contribution in [0.25, 0.3) is 0 Å². The van der Waals surface area contributed by atoms with E-state index in [1.54, 1.807) is 24.3 Å². The zero-order valence-corrected chi connectivity index (χ0v) is 12.7. The second-order valence-electron chi connectivity index (χ2n) is 4.42. The average Bonchev–Trinajstić information content (AvgIpc) is 2.38. The summed E-state index contributed by atoms with van der Waals surface area (Å²) in [6.07, 6.45) is 0. The number of ether oxygens (including phenoxy) is 1.